The van der Waals surface area contributed by atoms with Crippen molar-refractivity contribution in [2.45, 2.75) is 6.17 Å². The number of hydrogen-bond acceptors (Lipinski definition) is 2. The van der Waals surface area contributed by atoms with Crippen LogP contribution in [-0.4, -0.2) is 0 Å². The maximum absolute atomic E-state index is 5.39. The molecule has 0 aliphatic carbocycles. The minimum Gasteiger partial charge on any atom is -0.312 e. The predicted octanol–water partition coefficient (Wildman–Crippen LogP) is 2.21. The van der Waals surface area contributed by atoms with E-state index in [1.54, 1.807) is 0 Å². The van der Waals surface area contributed by atoms with Gasteiger partial charge in [-0.15, -0.1) is 26.3 Å². The number of hydrogen-bond donors (Lipinski definition) is 2. The van der Waals surface area contributed by atoms with Crippen LogP contribution in [0.5, 0.6) is 0 Å². The monoisotopic (exact) mass is 178 g/mol. The standard InChI is InChI=1S/C7H10N2.2C2H4/c8-7(9)6-4-2-1-3-5-6;2*1-2/h1-5,7H,8-9H2;2*1-2H2. The van der Waals surface area contributed by atoms with Gasteiger partial charge in [0, 0.05) is 0 Å². The zero-order valence-electron chi connectivity index (χ0n) is 7.95. The molecule has 1 aromatic rings. The molecule has 2 heteroatoms. The Kier molecular flexibility index (Phi) is 11.6. The van der Waals surface area contributed by atoms with E-state index in [9.17, 15) is 0 Å². The van der Waals surface area contributed by atoms with Crippen molar-refractivity contribution in [1.82, 2.24) is 0 Å². The highest BCUT2D eigenvalue weighted by molar-refractivity contribution is 5.16. The Labute approximate surface area is 80.6 Å². The van der Waals surface area contributed by atoms with Crippen molar-refractivity contribution < 1.29 is 0 Å². The van der Waals surface area contributed by atoms with Gasteiger partial charge in [0.15, 0.2) is 0 Å². The van der Waals surface area contributed by atoms with Gasteiger partial charge in [-0.3, -0.25) is 0 Å². The third-order valence-corrected chi connectivity index (χ3v) is 1.18. The lowest BCUT2D eigenvalue weighted by Gasteiger charge is -2.02. The molecule has 1 rings (SSSR count). The zero-order chi connectivity index (χ0) is 10.7. The quantitative estimate of drug-likeness (QED) is 0.511. The summed E-state index contributed by atoms with van der Waals surface area (Å²) >= 11 is 0. The Balaban J connectivity index is 0. The van der Waals surface area contributed by atoms with Crippen LogP contribution in [0.1, 0.15) is 11.7 Å². The highest BCUT2D eigenvalue weighted by Crippen LogP contribution is 2.01. The molecule has 13 heavy (non-hydrogen) atoms. The van der Waals surface area contributed by atoms with Crippen LogP contribution in [-0.2, 0) is 0 Å². The van der Waals surface area contributed by atoms with Crippen LogP contribution in [0.15, 0.2) is 56.6 Å². The Morgan fingerprint density at radius 3 is 1.46 bits per heavy atom. The van der Waals surface area contributed by atoms with Crippen molar-refractivity contribution >= 4 is 0 Å². The molecule has 0 saturated heterocycles. The highest BCUT2D eigenvalue weighted by Gasteiger charge is 1.93. The summed E-state index contributed by atoms with van der Waals surface area (Å²) < 4.78 is 0. The molecular weight excluding hydrogens is 160 g/mol. The van der Waals surface area contributed by atoms with Crippen molar-refractivity contribution in [2.24, 2.45) is 11.5 Å². The Bertz CT molecular complexity index is 193. The van der Waals surface area contributed by atoms with E-state index in [0.717, 1.165) is 5.56 Å². The minimum absolute atomic E-state index is 0.341. The first-order chi connectivity index (χ1) is 6.30. The van der Waals surface area contributed by atoms with Crippen LogP contribution in [0.2, 0.25) is 0 Å². The molecule has 0 atom stereocenters. The first-order valence-electron chi connectivity index (χ1n) is 3.87. The lowest BCUT2D eigenvalue weighted by atomic mass is 10.2. The molecule has 0 saturated carbocycles. The number of nitrogens with two attached hydrogens (primary N) is 2. The van der Waals surface area contributed by atoms with E-state index in [2.05, 4.69) is 26.3 Å². The molecule has 0 spiro atoms. The normalized spacial score (nSPS) is 7.62. The van der Waals surface area contributed by atoms with E-state index in [-0.39, 0.29) is 6.17 Å². The maximum Gasteiger partial charge on any atom is 0.0784 e. The second-order valence-electron chi connectivity index (χ2n) is 1.94. The van der Waals surface area contributed by atoms with E-state index >= 15 is 0 Å². The van der Waals surface area contributed by atoms with Gasteiger partial charge in [-0.1, -0.05) is 30.3 Å². The van der Waals surface area contributed by atoms with Crippen LogP contribution < -0.4 is 11.5 Å². The van der Waals surface area contributed by atoms with Crippen LogP contribution in [0.4, 0.5) is 0 Å². The number of rotatable bonds is 1. The van der Waals surface area contributed by atoms with E-state index in [0.29, 0.717) is 0 Å². The average molecular weight is 178 g/mol. The lowest BCUT2D eigenvalue weighted by molar-refractivity contribution is 0.774. The van der Waals surface area contributed by atoms with Crippen LogP contribution >= 0.6 is 0 Å². The molecule has 0 bridgehead atoms. The summed E-state index contributed by atoms with van der Waals surface area (Å²) in [5.74, 6) is 0. The van der Waals surface area contributed by atoms with E-state index in [1.165, 1.54) is 0 Å². The fourth-order valence-electron chi connectivity index (χ4n) is 0.675. The molecule has 0 aromatic heterocycles. The summed E-state index contributed by atoms with van der Waals surface area (Å²) in [6.07, 6.45) is -0.341. The maximum atomic E-state index is 5.39. The Morgan fingerprint density at radius 1 is 0.846 bits per heavy atom. The van der Waals surface area contributed by atoms with Gasteiger partial charge in [-0.25, -0.2) is 0 Å². The van der Waals surface area contributed by atoms with E-state index in [4.69, 9.17) is 11.5 Å². The molecule has 0 aliphatic rings. The molecule has 0 amide bonds. The molecule has 0 aliphatic heterocycles. The summed E-state index contributed by atoms with van der Waals surface area (Å²) in [7, 11) is 0. The molecule has 4 N–H and O–H groups in total. The van der Waals surface area contributed by atoms with Gasteiger partial charge in [0.2, 0.25) is 0 Å². The zero-order valence-corrected chi connectivity index (χ0v) is 7.95. The molecule has 1 aromatic carbocycles. The summed E-state index contributed by atoms with van der Waals surface area (Å²) in [5.41, 5.74) is 11.8. The first-order valence-corrected chi connectivity index (χ1v) is 3.87. The van der Waals surface area contributed by atoms with Crippen LogP contribution in [0.25, 0.3) is 0 Å². The Hall–Kier alpha value is -1.38. The van der Waals surface area contributed by atoms with Crippen molar-refractivity contribution in [3.8, 4) is 0 Å². The van der Waals surface area contributed by atoms with Crippen LogP contribution in [0, 0.1) is 0 Å². The topological polar surface area (TPSA) is 52.0 Å². The fourth-order valence-corrected chi connectivity index (χ4v) is 0.675. The van der Waals surface area contributed by atoms with Crippen LogP contribution in [0.3, 0.4) is 0 Å². The molecule has 0 unspecified atom stereocenters. The minimum atomic E-state index is -0.341. The molecular formula is C11H18N2. The van der Waals surface area contributed by atoms with Crippen molar-refractivity contribution in [3.05, 3.63) is 62.2 Å². The van der Waals surface area contributed by atoms with Gasteiger partial charge in [-0.2, -0.15) is 0 Å². The van der Waals surface area contributed by atoms with Crippen molar-refractivity contribution in [2.75, 3.05) is 0 Å². The average Bonchev–Trinajstić information content (AvgIpc) is 2.25. The fraction of sp³-hybridized carbons (Fsp3) is 0.0909. The van der Waals surface area contributed by atoms with Crippen molar-refractivity contribution in [3.63, 3.8) is 0 Å². The summed E-state index contributed by atoms with van der Waals surface area (Å²) in [6.45, 7) is 12.0. The van der Waals surface area contributed by atoms with Gasteiger partial charge in [0.25, 0.3) is 0 Å². The molecule has 0 fully saturated rings. The molecule has 2 nitrogen and oxygen atoms in total. The smallest absolute Gasteiger partial charge is 0.0784 e. The van der Waals surface area contributed by atoms with Gasteiger partial charge in [-0.05, 0) is 5.56 Å². The van der Waals surface area contributed by atoms with Crippen molar-refractivity contribution in [1.29, 1.82) is 0 Å². The van der Waals surface area contributed by atoms with E-state index in [1.807, 2.05) is 30.3 Å². The van der Waals surface area contributed by atoms with E-state index < -0.39 is 0 Å². The second kappa shape index (κ2) is 10.6. The second-order valence-corrected chi connectivity index (χ2v) is 1.94. The summed E-state index contributed by atoms with van der Waals surface area (Å²) in [4.78, 5) is 0. The van der Waals surface area contributed by atoms with Gasteiger partial charge < -0.3 is 11.5 Å². The predicted molar refractivity (Wildman–Crippen MR) is 60.1 cm³/mol. The highest BCUT2D eigenvalue weighted by atomic mass is 14.8. The lowest BCUT2D eigenvalue weighted by Crippen LogP contribution is -2.19. The molecule has 72 valence electrons. The number of benzene rings is 1. The first kappa shape index (κ1) is 14.2. The molecule has 0 heterocycles. The summed E-state index contributed by atoms with van der Waals surface area (Å²) in [5, 5.41) is 0. The largest absolute Gasteiger partial charge is 0.312 e. The molecule has 0 radical (unpaired) electrons. The SMILES string of the molecule is C=C.C=C.NC(N)c1ccccc1. The Morgan fingerprint density at radius 2 is 1.23 bits per heavy atom. The third-order valence-electron chi connectivity index (χ3n) is 1.18. The third kappa shape index (κ3) is 7.00. The van der Waals surface area contributed by atoms with Gasteiger partial charge in [0.05, 0.1) is 6.17 Å². The summed E-state index contributed by atoms with van der Waals surface area (Å²) in [6, 6.07) is 9.59. The van der Waals surface area contributed by atoms with Gasteiger partial charge >= 0.3 is 0 Å². The van der Waals surface area contributed by atoms with Gasteiger partial charge in [0.1, 0.15) is 0 Å².